The molecule has 0 saturated carbocycles. The summed E-state index contributed by atoms with van der Waals surface area (Å²) in [6.07, 6.45) is 3.63. The first kappa shape index (κ1) is 15.9. The largest absolute Gasteiger partial charge is 0.385 e. The molecule has 1 rings (SSSR count). The minimum absolute atomic E-state index is 0.0474. The van der Waals surface area contributed by atoms with Crippen LogP contribution in [0.1, 0.15) is 12.8 Å². The predicted octanol–water partition coefficient (Wildman–Crippen LogP) is 1.69. The van der Waals surface area contributed by atoms with Crippen molar-refractivity contribution in [3.05, 3.63) is 30.3 Å². The van der Waals surface area contributed by atoms with Crippen LogP contribution in [0, 0.1) is 0 Å². The Balaban J connectivity index is 2.05. The zero-order chi connectivity index (χ0) is 13.9. The molecule has 0 unspecified atom stereocenters. The van der Waals surface area contributed by atoms with Gasteiger partial charge in [0.2, 0.25) is 5.91 Å². The summed E-state index contributed by atoms with van der Waals surface area (Å²) in [6.45, 7) is 1.50. The molecule has 19 heavy (non-hydrogen) atoms. The fourth-order valence-electron chi connectivity index (χ4n) is 1.60. The number of benzene rings is 1. The molecule has 0 aliphatic rings. The second kappa shape index (κ2) is 9.69. The van der Waals surface area contributed by atoms with Crippen LogP contribution < -0.4 is 16.4 Å². The number of nitrogens with two attached hydrogens (primary N) is 1. The molecular weight excluding hydrogens is 258 g/mol. The van der Waals surface area contributed by atoms with Gasteiger partial charge in [-0.25, -0.2) is 0 Å². The molecule has 106 valence electrons. The summed E-state index contributed by atoms with van der Waals surface area (Å²) in [5, 5.41) is 6.16. The van der Waals surface area contributed by atoms with Gasteiger partial charge in [0, 0.05) is 18.8 Å². The van der Waals surface area contributed by atoms with Crippen molar-refractivity contribution in [2.45, 2.75) is 18.9 Å². The topological polar surface area (TPSA) is 67.2 Å². The molecule has 0 aliphatic heterocycles. The first-order chi connectivity index (χ1) is 9.24. The van der Waals surface area contributed by atoms with E-state index in [1.807, 2.05) is 36.6 Å². The molecule has 0 spiro atoms. The fourth-order valence-corrected chi connectivity index (χ4v) is 2.09. The van der Waals surface area contributed by atoms with E-state index in [9.17, 15) is 4.79 Å². The number of anilines is 1. The van der Waals surface area contributed by atoms with Gasteiger partial charge in [-0.15, -0.1) is 0 Å². The highest BCUT2D eigenvalue weighted by atomic mass is 32.2. The number of carbonyl (C=O) groups excluding carboxylic acids is 1. The maximum atomic E-state index is 11.6. The van der Waals surface area contributed by atoms with E-state index in [-0.39, 0.29) is 11.9 Å². The van der Waals surface area contributed by atoms with Gasteiger partial charge in [-0.3, -0.25) is 4.79 Å². The fraction of sp³-hybridized carbons (Fsp3) is 0.500. The van der Waals surface area contributed by atoms with Crippen molar-refractivity contribution in [1.29, 1.82) is 0 Å². The Morgan fingerprint density at radius 2 is 2.05 bits per heavy atom. The molecule has 0 saturated heterocycles. The van der Waals surface area contributed by atoms with Crippen LogP contribution in [0.25, 0.3) is 0 Å². The van der Waals surface area contributed by atoms with Crippen LogP contribution in [0.2, 0.25) is 0 Å². The van der Waals surface area contributed by atoms with Crippen LogP contribution in [-0.2, 0) is 4.79 Å². The number of para-hydroxylation sites is 1. The Labute approximate surface area is 119 Å². The lowest BCUT2D eigenvalue weighted by Crippen LogP contribution is -2.41. The van der Waals surface area contributed by atoms with E-state index in [1.54, 1.807) is 11.8 Å². The Morgan fingerprint density at radius 1 is 1.32 bits per heavy atom. The molecule has 0 heterocycles. The summed E-state index contributed by atoms with van der Waals surface area (Å²) in [5.41, 5.74) is 6.87. The van der Waals surface area contributed by atoms with Gasteiger partial charge in [0.05, 0.1) is 6.04 Å². The van der Waals surface area contributed by atoms with Crippen LogP contribution in [0.3, 0.4) is 0 Å². The lowest BCUT2D eigenvalue weighted by molar-refractivity contribution is -0.122. The highest BCUT2D eigenvalue weighted by Crippen LogP contribution is 2.04. The average molecular weight is 281 g/mol. The number of hydrogen-bond donors (Lipinski definition) is 3. The van der Waals surface area contributed by atoms with E-state index >= 15 is 0 Å². The van der Waals surface area contributed by atoms with Gasteiger partial charge >= 0.3 is 0 Å². The van der Waals surface area contributed by atoms with Crippen molar-refractivity contribution in [2.24, 2.45) is 5.73 Å². The summed E-state index contributed by atoms with van der Waals surface area (Å²) >= 11 is 1.71. The molecule has 0 bridgehead atoms. The van der Waals surface area contributed by atoms with Gasteiger partial charge in [-0.1, -0.05) is 18.2 Å². The van der Waals surface area contributed by atoms with Crippen LogP contribution in [0.5, 0.6) is 0 Å². The molecule has 1 aromatic carbocycles. The smallest absolute Gasteiger partial charge is 0.236 e. The van der Waals surface area contributed by atoms with Crippen LogP contribution in [-0.4, -0.2) is 37.0 Å². The van der Waals surface area contributed by atoms with Crippen LogP contribution in [0.15, 0.2) is 30.3 Å². The summed E-state index contributed by atoms with van der Waals surface area (Å²) in [5.74, 6) is 0.873. The normalized spacial score (nSPS) is 11.9. The summed E-state index contributed by atoms with van der Waals surface area (Å²) < 4.78 is 0. The molecule has 0 aromatic heterocycles. The molecular formula is C14H23N3OS. The van der Waals surface area contributed by atoms with Crippen molar-refractivity contribution < 1.29 is 4.79 Å². The molecule has 4 N–H and O–H groups in total. The Kier molecular flexibility index (Phi) is 8.09. The van der Waals surface area contributed by atoms with Crippen molar-refractivity contribution in [2.75, 3.05) is 30.4 Å². The number of nitrogens with one attached hydrogen (secondary N) is 2. The van der Waals surface area contributed by atoms with E-state index in [1.165, 1.54) is 0 Å². The minimum Gasteiger partial charge on any atom is -0.385 e. The van der Waals surface area contributed by atoms with Gasteiger partial charge in [0.25, 0.3) is 0 Å². The van der Waals surface area contributed by atoms with Crippen molar-refractivity contribution in [1.82, 2.24) is 5.32 Å². The number of amides is 1. The third kappa shape index (κ3) is 7.08. The standard InChI is InChI=1S/C14H23N3OS/c1-19-11-8-13(15)14(18)17-10-5-9-16-12-6-3-2-4-7-12/h2-4,6-7,13,16H,5,8-11,15H2,1H3,(H,17,18)/t13-/m0/s1. The Morgan fingerprint density at radius 3 is 2.74 bits per heavy atom. The summed E-state index contributed by atoms with van der Waals surface area (Å²) in [6, 6.07) is 9.65. The van der Waals surface area contributed by atoms with E-state index < -0.39 is 0 Å². The van der Waals surface area contributed by atoms with E-state index in [4.69, 9.17) is 5.73 Å². The zero-order valence-corrected chi connectivity index (χ0v) is 12.2. The minimum atomic E-state index is -0.380. The van der Waals surface area contributed by atoms with E-state index in [0.717, 1.165) is 30.8 Å². The average Bonchev–Trinajstić information content (AvgIpc) is 2.45. The van der Waals surface area contributed by atoms with Gasteiger partial charge in [0.15, 0.2) is 0 Å². The van der Waals surface area contributed by atoms with E-state index in [2.05, 4.69) is 10.6 Å². The Hall–Kier alpha value is -1.20. The SMILES string of the molecule is CSCC[C@H](N)C(=O)NCCCNc1ccccc1. The van der Waals surface area contributed by atoms with Crippen molar-refractivity contribution in [3.63, 3.8) is 0 Å². The summed E-state index contributed by atoms with van der Waals surface area (Å²) in [7, 11) is 0. The number of thioether (sulfide) groups is 1. The third-order valence-electron chi connectivity index (χ3n) is 2.73. The number of rotatable bonds is 9. The molecule has 1 aromatic rings. The lowest BCUT2D eigenvalue weighted by Gasteiger charge is -2.12. The molecule has 0 radical (unpaired) electrons. The van der Waals surface area contributed by atoms with Crippen LogP contribution in [0.4, 0.5) is 5.69 Å². The van der Waals surface area contributed by atoms with Crippen LogP contribution >= 0.6 is 11.8 Å². The Bertz CT molecular complexity index is 359. The maximum absolute atomic E-state index is 11.6. The molecule has 4 nitrogen and oxygen atoms in total. The van der Waals surface area contributed by atoms with Gasteiger partial charge < -0.3 is 16.4 Å². The molecule has 5 heteroatoms. The highest BCUT2D eigenvalue weighted by molar-refractivity contribution is 7.98. The lowest BCUT2D eigenvalue weighted by atomic mass is 10.2. The van der Waals surface area contributed by atoms with Gasteiger partial charge in [0.1, 0.15) is 0 Å². The first-order valence-corrected chi connectivity index (χ1v) is 7.94. The van der Waals surface area contributed by atoms with E-state index in [0.29, 0.717) is 6.54 Å². The predicted molar refractivity (Wildman–Crippen MR) is 83.5 cm³/mol. The molecule has 1 atom stereocenters. The molecule has 0 aliphatic carbocycles. The zero-order valence-electron chi connectivity index (χ0n) is 11.4. The number of carbonyl (C=O) groups is 1. The summed E-state index contributed by atoms with van der Waals surface area (Å²) in [4.78, 5) is 11.6. The highest BCUT2D eigenvalue weighted by Gasteiger charge is 2.11. The van der Waals surface area contributed by atoms with Crippen molar-refractivity contribution >= 4 is 23.4 Å². The van der Waals surface area contributed by atoms with Crippen molar-refractivity contribution in [3.8, 4) is 0 Å². The third-order valence-corrected chi connectivity index (χ3v) is 3.37. The quantitative estimate of drug-likeness (QED) is 0.603. The first-order valence-electron chi connectivity index (χ1n) is 6.55. The van der Waals surface area contributed by atoms with Gasteiger partial charge in [-0.2, -0.15) is 11.8 Å². The second-order valence-electron chi connectivity index (χ2n) is 4.33. The maximum Gasteiger partial charge on any atom is 0.236 e. The second-order valence-corrected chi connectivity index (χ2v) is 5.31. The van der Waals surface area contributed by atoms with Gasteiger partial charge in [-0.05, 0) is 37.0 Å². The number of hydrogen-bond acceptors (Lipinski definition) is 4. The molecule has 0 fully saturated rings. The monoisotopic (exact) mass is 281 g/mol. The molecule has 1 amide bonds.